The number of ether oxygens (including phenoxy) is 1. The molecule has 0 spiro atoms. The molecule has 0 aliphatic carbocycles. The molecule has 1 atom stereocenters. The molecule has 10 nitrogen and oxygen atoms in total. The van der Waals surface area contributed by atoms with Gasteiger partial charge in [0, 0.05) is 63.8 Å². The molecule has 43 heavy (non-hydrogen) atoms. The van der Waals surface area contributed by atoms with Crippen LogP contribution in [-0.4, -0.2) is 33.6 Å². The number of carbonyl (C=O) groups is 2. The zero-order valence-electron chi connectivity index (χ0n) is 23.5. The van der Waals surface area contributed by atoms with Crippen molar-refractivity contribution in [3.05, 3.63) is 113 Å². The van der Waals surface area contributed by atoms with Crippen molar-refractivity contribution in [1.82, 2.24) is 9.97 Å². The Balaban J connectivity index is 1.16. The minimum absolute atomic E-state index is 0.284. The molecule has 5 aromatic rings. The summed E-state index contributed by atoms with van der Waals surface area (Å²) in [5, 5.41) is 24.3. The predicted octanol–water partition coefficient (Wildman–Crippen LogP) is 7.18. The van der Waals surface area contributed by atoms with Gasteiger partial charge < -0.3 is 31.1 Å². The van der Waals surface area contributed by atoms with Crippen LogP contribution in [0.4, 0.5) is 32.7 Å². The second-order valence-electron chi connectivity index (χ2n) is 9.47. The Kier molecular flexibility index (Phi) is 9.37. The SMILES string of the molecule is CCOC(O)c1ccc(NC(=O)Nc2ccc(C(=O)Nc3ccc(C)c(Nc4nc(-c5cccnc5)cs4)c3)cc2)cc1. The van der Waals surface area contributed by atoms with Gasteiger partial charge in [0.15, 0.2) is 11.4 Å². The normalized spacial score (nSPS) is 11.4. The van der Waals surface area contributed by atoms with Gasteiger partial charge in [-0.3, -0.25) is 9.78 Å². The van der Waals surface area contributed by atoms with Crippen LogP contribution in [0.2, 0.25) is 0 Å². The van der Waals surface area contributed by atoms with Crippen molar-refractivity contribution in [1.29, 1.82) is 0 Å². The summed E-state index contributed by atoms with van der Waals surface area (Å²) in [6.07, 6.45) is 2.49. The van der Waals surface area contributed by atoms with Gasteiger partial charge in [0.25, 0.3) is 5.91 Å². The zero-order chi connectivity index (χ0) is 30.2. The first-order valence-electron chi connectivity index (χ1n) is 13.5. The molecule has 11 heteroatoms. The lowest BCUT2D eigenvalue weighted by Gasteiger charge is -2.12. The fraction of sp³-hybridized carbons (Fsp3) is 0.125. The van der Waals surface area contributed by atoms with Gasteiger partial charge in [-0.1, -0.05) is 18.2 Å². The van der Waals surface area contributed by atoms with Gasteiger partial charge in [-0.15, -0.1) is 11.3 Å². The van der Waals surface area contributed by atoms with E-state index < -0.39 is 12.3 Å². The summed E-state index contributed by atoms with van der Waals surface area (Å²) in [6, 6.07) is 22.3. The van der Waals surface area contributed by atoms with E-state index in [1.54, 1.807) is 67.8 Å². The van der Waals surface area contributed by atoms with E-state index in [0.29, 0.717) is 34.8 Å². The lowest BCUT2D eigenvalue weighted by molar-refractivity contribution is -0.0979. The van der Waals surface area contributed by atoms with Gasteiger partial charge >= 0.3 is 6.03 Å². The number of aliphatic hydroxyl groups excluding tert-OH is 1. The van der Waals surface area contributed by atoms with Crippen LogP contribution in [0.1, 0.15) is 34.7 Å². The molecule has 218 valence electrons. The van der Waals surface area contributed by atoms with E-state index >= 15 is 0 Å². The van der Waals surface area contributed by atoms with Crippen molar-refractivity contribution in [2.75, 3.05) is 27.9 Å². The van der Waals surface area contributed by atoms with Crippen LogP contribution < -0.4 is 21.3 Å². The largest absolute Gasteiger partial charge is 0.364 e. The molecule has 0 saturated carbocycles. The molecule has 3 amide bonds. The minimum atomic E-state index is -1.01. The molecule has 3 aromatic carbocycles. The zero-order valence-corrected chi connectivity index (χ0v) is 24.3. The van der Waals surface area contributed by atoms with E-state index in [9.17, 15) is 14.7 Å². The third kappa shape index (κ3) is 7.80. The van der Waals surface area contributed by atoms with E-state index in [-0.39, 0.29) is 5.91 Å². The van der Waals surface area contributed by atoms with E-state index in [1.807, 2.05) is 42.6 Å². The molecule has 0 aliphatic rings. The number of nitrogens with one attached hydrogen (secondary N) is 4. The molecule has 2 aromatic heterocycles. The summed E-state index contributed by atoms with van der Waals surface area (Å²) >= 11 is 1.49. The molecule has 0 radical (unpaired) electrons. The van der Waals surface area contributed by atoms with E-state index in [1.165, 1.54) is 11.3 Å². The molecule has 0 fully saturated rings. The highest BCUT2D eigenvalue weighted by Crippen LogP contribution is 2.29. The van der Waals surface area contributed by atoms with Crippen molar-refractivity contribution in [2.24, 2.45) is 0 Å². The smallest absolute Gasteiger partial charge is 0.323 e. The average Bonchev–Trinajstić information content (AvgIpc) is 3.48. The number of anilines is 5. The fourth-order valence-corrected chi connectivity index (χ4v) is 4.85. The van der Waals surface area contributed by atoms with E-state index in [2.05, 4.69) is 31.2 Å². The number of nitrogens with zero attached hydrogens (tertiary/aromatic N) is 2. The van der Waals surface area contributed by atoms with Crippen LogP contribution in [0.15, 0.2) is 96.6 Å². The van der Waals surface area contributed by atoms with Crippen LogP contribution in [0.25, 0.3) is 11.3 Å². The number of hydrogen-bond acceptors (Lipinski definition) is 8. The summed E-state index contributed by atoms with van der Waals surface area (Å²) in [5.74, 6) is -0.284. The third-order valence-corrected chi connectivity index (χ3v) is 7.14. The van der Waals surface area contributed by atoms with Crippen LogP contribution in [-0.2, 0) is 4.74 Å². The summed E-state index contributed by atoms with van der Waals surface area (Å²) in [6.45, 7) is 4.16. The molecule has 2 heterocycles. The maximum atomic E-state index is 12.9. The van der Waals surface area contributed by atoms with Gasteiger partial charge in [0.1, 0.15) is 0 Å². The number of carbonyl (C=O) groups excluding carboxylic acids is 2. The summed E-state index contributed by atoms with van der Waals surface area (Å²) in [4.78, 5) is 34.2. The van der Waals surface area contributed by atoms with Gasteiger partial charge in [-0.05, 0) is 80.1 Å². The maximum Gasteiger partial charge on any atom is 0.323 e. The van der Waals surface area contributed by atoms with E-state index in [0.717, 1.165) is 27.6 Å². The molecule has 5 N–H and O–H groups in total. The Morgan fingerprint density at radius 2 is 1.63 bits per heavy atom. The number of pyridine rings is 1. The summed E-state index contributed by atoms with van der Waals surface area (Å²) < 4.78 is 5.15. The molecule has 1 unspecified atom stereocenters. The number of thiazole rings is 1. The second-order valence-corrected chi connectivity index (χ2v) is 10.3. The topological polar surface area (TPSA) is 138 Å². The molecule has 0 bridgehead atoms. The fourth-order valence-electron chi connectivity index (χ4n) is 4.11. The van der Waals surface area contributed by atoms with Crippen molar-refractivity contribution in [3.63, 3.8) is 0 Å². The highest BCUT2D eigenvalue weighted by atomic mass is 32.1. The van der Waals surface area contributed by atoms with Crippen molar-refractivity contribution in [2.45, 2.75) is 20.1 Å². The predicted molar refractivity (Wildman–Crippen MR) is 170 cm³/mol. The first-order valence-corrected chi connectivity index (χ1v) is 14.4. The third-order valence-electron chi connectivity index (χ3n) is 6.38. The number of amides is 3. The summed E-state index contributed by atoms with van der Waals surface area (Å²) in [5.41, 5.74) is 6.34. The Bertz CT molecular complexity index is 1690. The lowest BCUT2D eigenvalue weighted by atomic mass is 10.1. The number of hydrogen-bond donors (Lipinski definition) is 5. The Labute approximate surface area is 252 Å². The van der Waals surface area contributed by atoms with Gasteiger partial charge in [-0.2, -0.15) is 0 Å². The van der Waals surface area contributed by atoms with Crippen molar-refractivity contribution < 1.29 is 19.4 Å². The Morgan fingerprint density at radius 3 is 2.30 bits per heavy atom. The van der Waals surface area contributed by atoms with Crippen molar-refractivity contribution in [3.8, 4) is 11.3 Å². The van der Waals surface area contributed by atoms with E-state index in [4.69, 9.17) is 4.74 Å². The number of benzene rings is 3. The second kappa shape index (κ2) is 13.7. The number of aromatic nitrogens is 2. The first-order chi connectivity index (χ1) is 20.9. The number of rotatable bonds is 10. The highest BCUT2D eigenvalue weighted by molar-refractivity contribution is 7.14. The Morgan fingerprint density at radius 1 is 0.930 bits per heavy atom. The molecular formula is C32H30N6O4S. The highest BCUT2D eigenvalue weighted by Gasteiger charge is 2.11. The minimum Gasteiger partial charge on any atom is -0.364 e. The molecule has 0 saturated heterocycles. The molecule has 5 rings (SSSR count). The Hall–Kier alpha value is -5.10. The standard InChI is InChI=1S/C32H30N6O4S/c1-3-42-30(40)22-9-14-25(15-10-22)36-31(41)35-24-12-7-21(8-13-24)29(39)34-26-11-6-20(2)27(17-26)37-32-38-28(19-43-32)23-5-4-16-33-18-23/h4-19,30,40H,3H2,1-2H3,(H,34,39)(H,37,38)(H2,35,36,41). The number of aliphatic hydroxyl groups is 1. The summed E-state index contributed by atoms with van der Waals surface area (Å²) in [7, 11) is 0. The van der Waals surface area contributed by atoms with Crippen LogP contribution in [0, 0.1) is 6.92 Å². The number of aryl methyl sites for hydroxylation is 1. The maximum absolute atomic E-state index is 12.9. The first kappa shape index (κ1) is 29.4. The van der Waals surface area contributed by atoms with Gasteiger partial charge in [0.05, 0.1) is 5.69 Å². The molecule has 0 aliphatic heterocycles. The van der Waals surface area contributed by atoms with Crippen molar-refractivity contribution >= 4 is 51.2 Å². The lowest BCUT2D eigenvalue weighted by Crippen LogP contribution is -2.19. The van der Waals surface area contributed by atoms with Crippen LogP contribution in [0.3, 0.4) is 0 Å². The molecular weight excluding hydrogens is 564 g/mol. The average molecular weight is 595 g/mol. The number of urea groups is 1. The van der Waals surface area contributed by atoms with Gasteiger partial charge in [-0.25, -0.2) is 9.78 Å². The van der Waals surface area contributed by atoms with Crippen LogP contribution in [0.5, 0.6) is 0 Å². The monoisotopic (exact) mass is 594 g/mol. The van der Waals surface area contributed by atoms with Gasteiger partial charge in [0.2, 0.25) is 0 Å². The quantitative estimate of drug-likeness (QED) is 0.108. The van der Waals surface area contributed by atoms with Crippen LogP contribution >= 0.6 is 11.3 Å².